The Morgan fingerprint density at radius 2 is 1.89 bits per heavy atom. The molecule has 2 rings (SSSR count). The van der Waals surface area contributed by atoms with Gasteiger partial charge in [0.1, 0.15) is 0 Å². The highest BCUT2D eigenvalue weighted by molar-refractivity contribution is 7.92. The minimum atomic E-state index is -3.17. The molecule has 0 aromatic heterocycles. The summed E-state index contributed by atoms with van der Waals surface area (Å²) in [5.74, 6) is 0. The van der Waals surface area contributed by atoms with Gasteiger partial charge in [-0.25, -0.2) is 8.42 Å². The van der Waals surface area contributed by atoms with Gasteiger partial charge < -0.3 is 5.32 Å². The number of rotatable bonds is 3. The van der Waals surface area contributed by atoms with Crippen molar-refractivity contribution in [1.82, 2.24) is 5.32 Å². The van der Waals surface area contributed by atoms with Crippen molar-refractivity contribution in [2.75, 3.05) is 6.54 Å². The molecule has 2 atom stereocenters. The number of hydrogen-bond acceptors (Lipinski definition) is 3. The number of aryl methyl sites for hydroxylation is 2. The molecule has 0 aliphatic carbocycles. The number of fused-ring (bicyclic) bond motifs is 1. The summed E-state index contributed by atoms with van der Waals surface area (Å²) in [6.07, 6.45) is 1.72. The molecule has 1 N–H and O–H groups in total. The van der Waals surface area contributed by atoms with Crippen LogP contribution in [0, 0.1) is 13.8 Å². The second-order valence-corrected chi connectivity index (χ2v) is 7.84. The van der Waals surface area contributed by atoms with Crippen LogP contribution in [0.5, 0.6) is 0 Å². The van der Waals surface area contributed by atoms with Gasteiger partial charge in [-0.3, -0.25) is 0 Å². The lowest BCUT2D eigenvalue weighted by Gasteiger charge is -2.32. The molecular weight excluding hydrogens is 258 g/mol. The van der Waals surface area contributed by atoms with E-state index in [1.165, 1.54) is 0 Å². The molecule has 0 saturated heterocycles. The third-order valence-corrected chi connectivity index (χ3v) is 6.34. The first kappa shape index (κ1) is 14.5. The molecular formula is C15H23NO2S. The highest BCUT2D eigenvalue weighted by atomic mass is 32.2. The molecule has 1 aliphatic heterocycles. The van der Waals surface area contributed by atoms with Gasteiger partial charge in [-0.05, 0) is 56.8 Å². The molecule has 106 valence electrons. The number of nitrogens with one attached hydrogen (secondary N) is 1. The van der Waals surface area contributed by atoms with E-state index in [4.69, 9.17) is 0 Å². The van der Waals surface area contributed by atoms with Crippen LogP contribution in [0.25, 0.3) is 0 Å². The monoisotopic (exact) mass is 281 g/mol. The molecule has 0 radical (unpaired) electrons. The minimum absolute atomic E-state index is 0.161. The summed E-state index contributed by atoms with van der Waals surface area (Å²) in [6.45, 7) is 8.76. The first-order valence-electron chi connectivity index (χ1n) is 6.97. The van der Waals surface area contributed by atoms with Gasteiger partial charge in [0.2, 0.25) is 0 Å². The molecule has 19 heavy (non-hydrogen) atoms. The third-order valence-electron chi connectivity index (χ3n) is 3.98. The SMILES string of the molecule is CCCNC1CC(C)S(=O)(=O)c2c(C)ccc(C)c21. The van der Waals surface area contributed by atoms with Crippen molar-refractivity contribution in [3.05, 3.63) is 28.8 Å². The number of hydrogen-bond donors (Lipinski definition) is 1. The van der Waals surface area contributed by atoms with Crippen molar-refractivity contribution in [1.29, 1.82) is 0 Å². The van der Waals surface area contributed by atoms with E-state index in [9.17, 15) is 8.42 Å². The largest absolute Gasteiger partial charge is 0.310 e. The summed E-state index contributed by atoms with van der Waals surface area (Å²) in [5.41, 5.74) is 2.94. The van der Waals surface area contributed by atoms with Crippen LogP contribution >= 0.6 is 0 Å². The molecule has 2 unspecified atom stereocenters. The topological polar surface area (TPSA) is 46.2 Å². The van der Waals surface area contributed by atoms with Crippen molar-refractivity contribution in [2.24, 2.45) is 0 Å². The quantitative estimate of drug-likeness (QED) is 0.926. The highest BCUT2D eigenvalue weighted by Crippen LogP contribution is 2.39. The van der Waals surface area contributed by atoms with Crippen LogP contribution in [0.2, 0.25) is 0 Å². The van der Waals surface area contributed by atoms with Crippen molar-refractivity contribution < 1.29 is 8.42 Å². The van der Waals surface area contributed by atoms with Gasteiger partial charge in [-0.15, -0.1) is 0 Å². The smallest absolute Gasteiger partial charge is 0.181 e. The molecule has 0 spiro atoms. The maximum atomic E-state index is 12.6. The lowest BCUT2D eigenvalue weighted by Crippen LogP contribution is -2.36. The van der Waals surface area contributed by atoms with Crippen LogP contribution in [0.3, 0.4) is 0 Å². The van der Waals surface area contributed by atoms with E-state index < -0.39 is 9.84 Å². The Hall–Kier alpha value is -0.870. The first-order chi connectivity index (χ1) is 8.89. The summed E-state index contributed by atoms with van der Waals surface area (Å²) in [5, 5.41) is 3.19. The number of sulfone groups is 1. The van der Waals surface area contributed by atoms with E-state index in [0.717, 1.165) is 29.7 Å². The first-order valence-corrected chi connectivity index (χ1v) is 8.51. The van der Waals surface area contributed by atoms with Crippen LogP contribution in [-0.4, -0.2) is 20.2 Å². The van der Waals surface area contributed by atoms with Crippen molar-refractivity contribution in [3.63, 3.8) is 0 Å². The molecule has 0 bridgehead atoms. The van der Waals surface area contributed by atoms with Crippen molar-refractivity contribution in [2.45, 2.75) is 56.7 Å². The van der Waals surface area contributed by atoms with Gasteiger partial charge in [0.05, 0.1) is 10.1 Å². The zero-order chi connectivity index (χ0) is 14.2. The Labute approximate surface area is 116 Å². The highest BCUT2D eigenvalue weighted by Gasteiger charge is 2.37. The standard InChI is InChI=1S/C15H23NO2S/c1-5-8-16-13-9-12(4)19(17,18)15-11(3)7-6-10(2)14(13)15/h6-7,12-13,16H,5,8-9H2,1-4H3. The van der Waals surface area contributed by atoms with Gasteiger partial charge in [0.25, 0.3) is 0 Å². The average Bonchev–Trinajstić information content (AvgIpc) is 2.35. The van der Waals surface area contributed by atoms with Gasteiger partial charge in [-0.2, -0.15) is 0 Å². The predicted molar refractivity (Wildman–Crippen MR) is 78.2 cm³/mol. The van der Waals surface area contributed by atoms with E-state index in [2.05, 4.69) is 12.2 Å². The maximum absolute atomic E-state index is 12.6. The Bertz CT molecular complexity index is 578. The summed E-state index contributed by atoms with van der Waals surface area (Å²) in [6, 6.07) is 4.11. The van der Waals surface area contributed by atoms with E-state index in [0.29, 0.717) is 11.3 Å². The van der Waals surface area contributed by atoms with Crippen LogP contribution in [0.15, 0.2) is 17.0 Å². The van der Waals surface area contributed by atoms with Crippen LogP contribution < -0.4 is 5.32 Å². The summed E-state index contributed by atoms with van der Waals surface area (Å²) >= 11 is 0. The summed E-state index contributed by atoms with van der Waals surface area (Å²) in [7, 11) is -3.17. The van der Waals surface area contributed by atoms with Gasteiger partial charge in [-0.1, -0.05) is 19.1 Å². The zero-order valence-corrected chi connectivity index (χ0v) is 13.0. The fourth-order valence-electron chi connectivity index (χ4n) is 2.90. The lowest BCUT2D eigenvalue weighted by molar-refractivity contribution is 0.460. The van der Waals surface area contributed by atoms with E-state index in [1.807, 2.05) is 32.9 Å². The van der Waals surface area contributed by atoms with Crippen LogP contribution in [0.1, 0.15) is 49.4 Å². The zero-order valence-electron chi connectivity index (χ0n) is 12.2. The van der Waals surface area contributed by atoms with Crippen LogP contribution in [-0.2, 0) is 9.84 Å². The van der Waals surface area contributed by atoms with E-state index >= 15 is 0 Å². The molecule has 1 aromatic carbocycles. The predicted octanol–water partition coefficient (Wildman–Crippen LogP) is 2.91. The van der Waals surface area contributed by atoms with Gasteiger partial charge in [0.15, 0.2) is 9.84 Å². The normalized spacial score (nSPS) is 25.1. The second kappa shape index (κ2) is 5.25. The Morgan fingerprint density at radius 3 is 2.53 bits per heavy atom. The maximum Gasteiger partial charge on any atom is 0.181 e. The average molecular weight is 281 g/mol. The molecule has 1 heterocycles. The Balaban J connectivity index is 2.61. The molecule has 0 fully saturated rings. The van der Waals surface area contributed by atoms with E-state index in [1.54, 1.807) is 0 Å². The molecule has 3 nitrogen and oxygen atoms in total. The Morgan fingerprint density at radius 1 is 1.26 bits per heavy atom. The summed E-state index contributed by atoms with van der Waals surface area (Å²) in [4.78, 5) is 0.569. The second-order valence-electron chi connectivity index (χ2n) is 5.54. The van der Waals surface area contributed by atoms with Crippen molar-refractivity contribution >= 4 is 9.84 Å². The van der Waals surface area contributed by atoms with Crippen LogP contribution in [0.4, 0.5) is 0 Å². The molecule has 0 saturated carbocycles. The van der Waals surface area contributed by atoms with Gasteiger partial charge in [0, 0.05) is 6.04 Å². The molecule has 1 aromatic rings. The number of benzene rings is 1. The Kier molecular flexibility index (Phi) is 4.02. The van der Waals surface area contributed by atoms with Gasteiger partial charge >= 0.3 is 0 Å². The lowest BCUT2D eigenvalue weighted by atomic mass is 9.94. The molecule has 4 heteroatoms. The molecule has 0 amide bonds. The van der Waals surface area contributed by atoms with E-state index in [-0.39, 0.29) is 11.3 Å². The molecule has 1 aliphatic rings. The minimum Gasteiger partial charge on any atom is -0.310 e. The fourth-order valence-corrected chi connectivity index (χ4v) is 4.87. The van der Waals surface area contributed by atoms with Crippen molar-refractivity contribution in [3.8, 4) is 0 Å². The summed E-state index contributed by atoms with van der Waals surface area (Å²) < 4.78 is 25.1. The third kappa shape index (κ3) is 2.43. The fraction of sp³-hybridized carbons (Fsp3) is 0.600.